The second-order valence-electron chi connectivity index (χ2n) is 10.2. The van der Waals surface area contributed by atoms with E-state index in [9.17, 15) is 18.0 Å². The Morgan fingerprint density at radius 1 is 1.02 bits per heavy atom. The number of aromatic nitrogens is 5. The Labute approximate surface area is 239 Å². The molecule has 0 aliphatic carbocycles. The molecule has 4 heterocycles. The molecule has 0 bridgehead atoms. The van der Waals surface area contributed by atoms with Crippen LogP contribution in [-0.4, -0.2) is 51.0 Å². The van der Waals surface area contributed by atoms with Gasteiger partial charge in [0.15, 0.2) is 5.69 Å². The molecule has 1 aliphatic rings. The Balaban J connectivity index is 1.54. The van der Waals surface area contributed by atoms with Gasteiger partial charge in [0, 0.05) is 67.0 Å². The number of imidazole rings is 1. The van der Waals surface area contributed by atoms with E-state index in [2.05, 4.69) is 15.1 Å². The van der Waals surface area contributed by atoms with Gasteiger partial charge in [-0.3, -0.25) is 9.48 Å². The van der Waals surface area contributed by atoms with Gasteiger partial charge in [-0.2, -0.15) is 18.3 Å². The molecular formula is C30H27F3N6O3. The van der Waals surface area contributed by atoms with Crippen LogP contribution in [0.25, 0.3) is 22.0 Å². The molecular weight excluding hydrogens is 549 g/mol. The number of carbonyl (C=O) groups is 1. The van der Waals surface area contributed by atoms with Crippen LogP contribution in [0.1, 0.15) is 32.9 Å². The van der Waals surface area contributed by atoms with Crippen molar-refractivity contribution in [2.24, 2.45) is 7.05 Å². The molecule has 2 aromatic carbocycles. The quantitative estimate of drug-likeness (QED) is 0.268. The van der Waals surface area contributed by atoms with Gasteiger partial charge in [-0.05, 0) is 54.3 Å². The molecule has 0 fully saturated rings. The summed E-state index contributed by atoms with van der Waals surface area (Å²) in [5.41, 5.74) is 2.71. The third-order valence-electron chi connectivity index (χ3n) is 7.39. The molecule has 12 heteroatoms. The van der Waals surface area contributed by atoms with E-state index < -0.39 is 11.9 Å². The van der Waals surface area contributed by atoms with Crippen LogP contribution in [0.3, 0.4) is 0 Å². The van der Waals surface area contributed by atoms with Crippen LogP contribution < -0.4 is 14.4 Å². The van der Waals surface area contributed by atoms with E-state index in [0.717, 1.165) is 4.68 Å². The minimum absolute atomic E-state index is 0.0605. The molecule has 0 saturated carbocycles. The van der Waals surface area contributed by atoms with Gasteiger partial charge in [0.25, 0.3) is 5.91 Å². The molecule has 42 heavy (non-hydrogen) atoms. The molecule has 6 rings (SSSR count). The number of fused-ring (bicyclic) bond motifs is 2. The molecule has 0 radical (unpaired) electrons. The predicted octanol–water partition coefficient (Wildman–Crippen LogP) is 5.43. The van der Waals surface area contributed by atoms with Crippen LogP contribution in [0.4, 0.5) is 18.9 Å². The number of hydrogen-bond donors (Lipinski definition) is 0. The van der Waals surface area contributed by atoms with Crippen LogP contribution in [0.5, 0.6) is 11.5 Å². The summed E-state index contributed by atoms with van der Waals surface area (Å²) in [7, 11) is 4.53. The Morgan fingerprint density at radius 2 is 1.81 bits per heavy atom. The standard InChI is InChI=1S/C30H27F3N6O3/c1-17-9-25(23-12-19(41-3)13-26(42-4)27(23)35-17)39-7-5-20-21(24-15-37(2)36-28(24)30(31,32)33)10-18(11-22(20)29(39)40)14-38-8-6-34-16-38/h6,8-13,15-16H,5,7,14H2,1-4H3. The maximum absolute atomic E-state index is 14.3. The summed E-state index contributed by atoms with van der Waals surface area (Å²) in [4.78, 5) is 24.7. The highest BCUT2D eigenvalue weighted by Gasteiger charge is 2.39. The smallest absolute Gasteiger partial charge is 0.435 e. The zero-order valence-corrected chi connectivity index (χ0v) is 23.4. The Morgan fingerprint density at radius 3 is 2.50 bits per heavy atom. The van der Waals surface area contributed by atoms with E-state index >= 15 is 0 Å². The normalized spacial score (nSPS) is 13.5. The van der Waals surface area contributed by atoms with Gasteiger partial charge in [-0.25, -0.2) is 9.97 Å². The van der Waals surface area contributed by atoms with E-state index in [0.29, 0.717) is 69.0 Å². The highest BCUT2D eigenvalue weighted by molar-refractivity contribution is 6.13. The van der Waals surface area contributed by atoms with Crippen molar-refractivity contribution in [3.05, 3.63) is 83.3 Å². The first-order chi connectivity index (χ1) is 20.1. The minimum atomic E-state index is -4.67. The zero-order valence-electron chi connectivity index (χ0n) is 23.4. The predicted molar refractivity (Wildman–Crippen MR) is 150 cm³/mol. The molecule has 0 unspecified atom stereocenters. The van der Waals surface area contributed by atoms with E-state index in [1.54, 1.807) is 59.6 Å². The number of aryl methyl sites for hydroxylation is 2. The fraction of sp³-hybridized carbons (Fsp3) is 0.267. The molecule has 0 atom stereocenters. The fourth-order valence-electron chi connectivity index (χ4n) is 5.58. The van der Waals surface area contributed by atoms with Crippen molar-refractivity contribution >= 4 is 22.5 Å². The number of amides is 1. The van der Waals surface area contributed by atoms with Gasteiger partial charge in [-0.1, -0.05) is 0 Å². The molecule has 5 aromatic rings. The van der Waals surface area contributed by atoms with Crippen LogP contribution in [0.15, 0.2) is 55.2 Å². The number of nitrogens with zero attached hydrogens (tertiary/aromatic N) is 6. The second kappa shape index (κ2) is 10.2. The fourth-order valence-corrected chi connectivity index (χ4v) is 5.58. The molecule has 1 amide bonds. The molecule has 0 saturated heterocycles. The summed E-state index contributed by atoms with van der Waals surface area (Å²) in [6.07, 6.45) is 2.01. The van der Waals surface area contributed by atoms with Gasteiger partial charge in [0.05, 0.1) is 26.2 Å². The maximum atomic E-state index is 14.3. The van der Waals surface area contributed by atoms with Crippen LogP contribution >= 0.6 is 0 Å². The number of alkyl halides is 3. The molecule has 1 aliphatic heterocycles. The van der Waals surface area contributed by atoms with Gasteiger partial charge in [0.2, 0.25) is 0 Å². The summed E-state index contributed by atoms with van der Waals surface area (Å²) in [5, 5.41) is 4.38. The number of rotatable bonds is 6. The highest BCUT2D eigenvalue weighted by atomic mass is 19.4. The lowest BCUT2D eigenvalue weighted by Crippen LogP contribution is -2.38. The number of benzene rings is 2. The van der Waals surface area contributed by atoms with E-state index in [1.165, 1.54) is 20.4 Å². The lowest BCUT2D eigenvalue weighted by Gasteiger charge is -2.31. The highest BCUT2D eigenvalue weighted by Crippen LogP contribution is 2.42. The maximum Gasteiger partial charge on any atom is 0.435 e. The van der Waals surface area contributed by atoms with Crippen molar-refractivity contribution in [3.63, 3.8) is 0 Å². The van der Waals surface area contributed by atoms with Gasteiger partial charge >= 0.3 is 6.18 Å². The van der Waals surface area contributed by atoms with Crippen molar-refractivity contribution in [2.75, 3.05) is 25.7 Å². The van der Waals surface area contributed by atoms with Crippen LogP contribution in [-0.2, 0) is 26.2 Å². The van der Waals surface area contributed by atoms with Crippen LogP contribution in [0, 0.1) is 6.92 Å². The van der Waals surface area contributed by atoms with Crippen molar-refractivity contribution in [2.45, 2.75) is 26.1 Å². The van der Waals surface area contributed by atoms with Crippen molar-refractivity contribution < 1.29 is 27.4 Å². The SMILES string of the molecule is COc1cc(OC)c2nc(C)cc(N3CCc4c(cc(Cn5ccnc5)cc4-c4cn(C)nc4C(F)(F)F)C3=O)c2c1. The summed E-state index contributed by atoms with van der Waals surface area (Å²) in [6.45, 7) is 2.40. The Kier molecular flexibility index (Phi) is 6.63. The third-order valence-corrected chi connectivity index (χ3v) is 7.39. The number of pyridine rings is 1. The van der Waals surface area contributed by atoms with Crippen molar-refractivity contribution in [3.8, 4) is 22.6 Å². The van der Waals surface area contributed by atoms with E-state index in [4.69, 9.17) is 9.47 Å². The summed E-state index contributed by atoms with van der Waals surface area (Å²) in [5.74, 6) is 0.716. The largest absolute Gasteiger partial charge is 0.497 e. The van der Waals surface area contributed by atoms with Crippen molar-refractivity contribution in [1.29, 1.82) is 0 Å². The first-order valence-corrected chi connectivity index (χ1v) is 13.2. The number of hydrogen-bond acceptors (Lipinski definition) is 6. The molecule has 0 spiro atoms. The average Bonchev–Trinajstić information content (AvgIpc) is 3.61. The number of carbonyl (C=O) groups excluding carboxylic acids is 1. The number of anilines is 1. The minimum Gasteiger partial charge on any atom is -0.497 e. The summed E-state index contributed by atoms with van der Waals surface area (Å²) >= 11 is 0. The van der Waals surface area contributed by atoms with Gasteiger partial charge in [0.1, 0.15) is 17.0 Å². The van der Waals surface area contributed by atoms with E-state index in [-0.39, 0.29) is 18.0 Å². The lowest BCUT2D eigenvalue weighted by molar-refractivity contribution is -0.140. The second-order valence-corrected chi connectivity index (χ2v) is 10.2. The molecule has 9 nitrogen and oxygen atoms in total. The van der Waals surface area contributed by atoms with Gasteiger partial charge < -0.3 is 18.9 Å². The Hall–Kier alpha value is -4.87. The zero-order chi connectivity index (χ0) is 29.8. The first-order valence-electron chi connectivity index (χ1n) is 13.2. The number of halogens is 3. The number of ether oxygens (including phenoxy) is 2. The monoisotopic (exact) mass is 576 g/mol. The number of methoxy groups -OCH3 is 2. The third kappa shape index (κ3) is 4.72. The van der Waals surface area contributed by atoms with Crippen LogP contribution in [0.2, 0.25) is 0 Å². The first kappa shape index (κ1) is 27.3. The van der Waals surface area contributed by atoms with Gasteiger partial charge in [-0.15, -0.1) is 0 Å². The molecule has 216 valence electrons. The molecule has 3 aromatic heterocycles. The summed E-state index contributed by atoms with van der Waals surface area (Å²) < 4.78 is 56.2. The van der Waals surface area contributed by atoms with Crippen molar-refractivity contribution in [1.82, 2.24) is 24.3 Å². The topological polar surface area (TPSA) is 87.3 Å². The molecule has 0 N–H and O–H groups in total. The lowest BCUT2D eigenvalue weighted by atomic mass is 9.87. The summed E-state index contributed by atoms with van der Waals surface area (Å²) in [6, 6.07) is 8.83. The van der Waals surface area contributed by atoms with E-state index in [1.807, 2.05) is 13.0 Å². The Bertz CT molecular complexity index is 1830. The average molecular weight is 577 g/mol.